The number of benzene rings is 2. The van der Waals surface area contributed by atoms with Gasteiger partial charge >= 0.3 is 5.82 Å². The van der Waals surface area contributed by atoms with Gasteiger partial charge in [-0.05, 0) is 40.6 Å². The molecule has 14 heteroatoms. The van der Waals surface area contributed by atoms with Gasteiger partial charge in [0.25, 0.3) is 11.8 Å². The maximum Gasteiger partial charge on any atom is 0.519 e. The monoisotopic (exact) mass is 675 g/mol. The normalized spacial score (nSPS) is 20.0. The van der Waals surface area contributed by atoms with Crippen LogP contribution in [0.25, 0.3) is 21.6 Å². The molecule has 2 atom stereocenters. The third-order valence-corrected chi connectivity index (χ3v) is 10.5. The summed E-state index contributed by atoms with van der Waals surface area (Å²) in [6.45, 7) is 1.59. The number of rotatable bonds is 4. The largest absolute Gasteiger partial charge is 0.519 e. The molecule has 1 saturated heterocycles. The molecule has 0 unspecified atom stereocenters. The lowest BCUT2D eigenvalue weighted by Gasteiger charge is -2.51. The van der Waals surface area contributed by atoms with E-state index in [0.29, 0.717) is 16.7 Å². The molecule has 4 aliphatic rings. The molecule has 2 aliphatic heterocycles. The summed E-state index contributed by atoms with van der Waals surface area (Å²) in [5, 5.41) is 3.54. The standard InChI is InChI=1S/C34H24F3N3O7S/c1-16-23(47-33(43)46-16)13-45-30-22(41)8-9-39-29(30)32(42)38-10-11-44-14-24(38)40(39)28-18-4-2-3-5-19(18)31-25-17(15-48-31)12-34(36,37)27-21(35)7-6-20(28)26(25)27/h2-9,15,24,28H,10-14H2,1H3/t24-,28-/m1/s1. The van der Waals surface area contributed by atoms with E-state index < -0.39 is 53.1 Å². The molecule has 9 rings (SSSR count). The van der Waals surface area contributed by atoms with E-state index in [1.54, 1.807) is 10.3 Å². The van der Waals surface area contributed by atoms with Crippen molar-refractivity contribution in [2.75, 3.05) is 24.8 Å². The molecule has 0 N–H and O–H groups in total. The van der Waals surface area contributed by atoms with Crippen LogP contribution in [-0.2, 0) is 23.7 Å². The number of hydrogen-bond donors (Lipinski definition) is 0. The number of halogens is 3. The van der Waals surface area contributed by atoms with E-state index >= 15 is 13.2 Å². The Morgan fingerprint density at radius 2 is 1.88 bits per heavy atom. The Kier molecular flexibility index (Phi) is 6.19. The second-order valence-electron chi connectivity index (χ2n) is 12.1. The molecule has 2 aliphatic carbocycles. The fourth-order valence-corrected chi connectivity index (χ4v) is 8.59. The lowest BCUT2D eigenvalue weighted by molar-refractivity contribution is -0.0199. The summed E-state index contributed by atoms with van der Waals surface area (Å²) in [6.07, 6.45) is 0.0702. The van der Waals surface area contributed by atoms with Gasteiger partial charge in [-0.25, -0.2) is 18.0 Å². The SMILES string of the molecule is Cc1oc(=O)oc1COc1c2n(ccc1=O)N([C@@H]1c3ccccc3-c3scc4c3-c3c1ccc(F)c3C(F)(F)C4)[C@@H]1COCCN1C2=O. The fourth-order valence-electron chi connectivity index (χ4n) is 7.47. The number of morpholine rings is 1. The number of ether oxygens (including phenoxy) is 2. The van der Waals surface area contributed by atoms with E-state index in [1.165, 1.54) is 41.3 Å². The highest BCUT2D eigenvalue weighted by atomic mass is 32.1. The van der Waals surface area contributed by atoms with Gasteiger partial charge < -0.3 is 23.2 Å². The molecule has 1 fully saturated rings. The fraction of sp³-hybridized carbons (Fsp3) is 0.265. The molecule has 244 valence electrons. The highest BCUT2D eigenvalue weighted by molar-refractivity contribution is 7.14. The average Bonchev–Trinajstić information content (AvgIpc) is 3.59. The molecule has 48 heavy (non-hydrogen) atoms. The third kappa shape index (κ3) is 3.99. The number of aromatic nitrogens is 1. The van der Waals surface area contributed by atoms with Crippen molar-refractivity contribution in [3.05, 3.63) is 120 Å². The highest BCUT2D eigenvalue weighted by Crippen LogP contribution is 2.58. The molecular formula is C34H24F3N3O7S. The predicted molar refractivity (Wildman–Crippen MR) is 165 cm³/mol. The summed E-state index contributed by atoms with van der Waals surface area (Å²) in [7, 11) is 0. The predicted octanol–water partition coefficient (Wildman–Crippen LogP) is 5.32. The van der Waals surface area contributed by atoms with Gasteiger partial charge in [0.05, 0.1) is 24.8 Å². The van der Waals surface area contributed by atoms with Gasteiger partial charge in [-0.1, -0.05) is 30.3 Å². The molecule has 0 radical (unpaired) electrons. The zero-order chi connectivity index (χ0) is 33.1. The van der Waals surface area contributed by atoms with E-state index in [4.69, 9.17) is 18.3 Å². The highest BCUT2D eigenvalue weighted by Gasteiger charge is 2.50. The van der Waals surface area contributed by atoms with Crippen LogP contribution in [0.4, 0.5) is 13.2 Å². The van der Waals surface area contributed by atoms with Crippen molar-refractivity contribution in [3.8, 4) is 27.3 Å². The minimum absolute atomic E-state index is 0.0462. The molecule has 5 heterocycles. The Labute approximate surface area is 273 Å². The molecular weight excluding hydrogens is 651 g/mol. The number of nitrogens with zero attached hydrogens (tertiary/aromatic N) is 3. The number of carbonyl (C=O) groups is 1. The van der Waals surface area contributed by atoms with Crippen LogP contribution in [0.15, 0.2) is 72.5 Å². The Bertz CT molecular complexity index is 2310. The van der Waals surface area contributed by atoms with Gasteiger partial charge in [-0.15, -0.1) is 11.3 Å². The van der Waals surface area contributed by atoms with E-state index in [2.05, 4.69) is 0 Å². The zero-order valence-corrected chi connectivity index (χ0v) is 25.9. The van der Waals surface area contributed by atoms with Gasteiger partial charge in [0.15, 0.2) is 23.0 Å². The summed E-state index contributed by atoms with van der Waals surface area (Å²) < 4.78 is 70.6. The first-order chi connectivity index (χ1) is 23.1. The van der Waals surface area contributed by atoms with Gasteiger partial charge in [0, 0.05) is 41.2 Å². The van der Waals surface area contributed by atoms with Gasteiger partial charge in [-0.3, -0.25) is 19.3 Å². The summed E-state index contributed by atoms with van der Waals surface area (Å²) in [4.78, 5) is 41.6. The van der Waals surface area contributed by atoms with Crippen molar-refractivity contribution in [2.45, 2.75) is 38.1 Å². The third-order valence-electron chi connectivity index (χ3n) is 9.48. The van der Waals surface area contributed by atoms with E-state index in [1.807, 2.05) is 29.3 Å². The van der Waals surface area contributed by atoms with Crippen LogP contribution < -0.4 is 21.0 Å². The van der Waals surface area contributed by atoms with Crippen molar-refractivity contribution in [1.29, 1.82) is 0 Å². The van der Waals surface area contributed by atoms with Crippen LogP contribution in [-0.4, -0.2) is 41.4 Å². The minimum atomic E-state index is -3.47. The van der Waals surface area contributed by atoms with Crippen molar-refractivity contribution in [1.82, 2.24) is 9.58 Å². The zero-order valence-electron chi connectivity index (χ0n) is 25.1. The van der Waals surface area contributed by atoms with Crippen LogP contribution in [0, 0.1) is 12.7 Å². The number of thiophene rings is 1. The maximum atomic E-state index is 15.9. The Hall–Kier alpha value is -5.08. The number of fused-ring (bicyclic) bond motifs is 4. The molecule has 0 bridgehead atoms. The van der Waals surface area contributed by atoms with Crippen molar-refractivity contribution >= 4 is 17.2 Å². The van der Waals surface area contributed by atoms with Gasteiger partial charge in [0.1, 0.15) is 18.6 Å². The van der Waals surface area contributed by atoms with Crippen LogP contribution in [0.3, 0.4) is 0 Å². The first kappa shape index (κ1) is 29.1. The van der Waals surface area contributed by atoms with Gasteiger partial charge in [0.2, 0.25) is 5.43 Å². The number of amides is 1. The molecule has 1 amide bonds. The first-order valence-electron chi connectivity index (χ1n) is 15.2. The molecule has 0 saturated carbocycles. The summed E-state index contributed by atoms with van der Waals surface area (Å²) in [5.74, 6) is -6.00. The number of carbonyl (C=O) groups excluding carboxylic acids is 1. The average molecular weight is 676 g/mol. The number of hydrogen-bond acceptors (Lipinski definition) is 9. The minimum Gasteiger partial charge on any atom is -0.479 e. The van der Waals surface area contributed by atoms with E-state index in [0.717, 1.165) is 22.1 Å². The topological polar surface area (TPSA) is 107 Å². The smallest absolute Gasteiger partial charge is 0.479 e. The maximum absolute atomic E-state index is 15.9. The summed E-state index contributed by atoms with van der Waals surface area (Å²) in [6, 6.07) is 10.5. The van der Waals surface area contributed by atoms with Crippen molar-refractivity contribution in [2.24, 2.45) is 0 Å². The Balaban J connectivity index is 1.32. The number of alkyl halides is 2. The van der Waals surface area contributed by atoms with Gasteiger partial charge in [-0.2, -0.15) is 0 Å². The second kappa shape index (κ2) is 10.2. The quantitative estimate of drug-likeness (QED) is 0.252. The molecule has 2 aromatic carbocycles. The molecule has 5 aromatic rings. The number of aryl methyl sites for hydroxylation is 1. The summed E-state index contributed by atoms with van der Waals surface area (Å²) >= 11 is 1.33. The lowest BCUT2D eigenvalue weighted by Crippen LogP contribution is -2.66. The van der Waals surface area contributed by atoms with E-state index in [-0.39, 0.29) is 54.9 Å². The Morgan fingerprint density at radius 3 is 2.69 bits per heavy atom. The van der Waals surface area contributed by atoms with Crippen LogP contribution in [0.5, 0.6) is 5.75 Å². The molecule has 0 spiro atoms. The van der Waals surface area contributed by atoms with Crippen LogP contribution in [0.2, 0.25) is 0 Å². The second-order valence-corrected chi connectivity index (χ2v) is 13.0. The van der Waals surface area contributed by atoms with Crippen LogP contribution in [0.1, 0.15) is 50.3 Å². The lowest BCUT2D eigenvalue weighted by atomic mass is 9.80. The first-order valence-corrected chi connectivity index (χ1v) is 16.1. The number of pyridine rings is 1. The Morgan fingerprint density at radius 1 is 1.04 bits per heavy atom. The molecule has 10 nitrogen and oxygen atoms in total. The van der Waals surface area contributed by atoms with Crippen LogP contribution >= 0.6 is 11.3 Å². The summed E-state index contributed by atoms with van der Waals surface area (Å²) in [5.41, 5.74) is 1.71. The van der Waals surface area contributed by atoms with E-state index in [9.17, 15) is 14.4 Å². The van der Waals surface area contributed by atoms with Crippen molar-refractivity contribution < 1.29 is 36.3 Å². The van der Waals surface area contributed by atoms with Crippen molar-refractivity contribution in [3.63, 3.8) is 0 Å². The molecule has 3 aromatic heterocycles.